The van der Waals surface area contributed by atoms with Crippen molar-refractivity contribution in [2.45, 2.75) is 38.5 Å². The monoisotopic (exact) mass is 432 g/mol. The second-order valence-electron chi connectivity index (χ2n) is 9.16. The van der Waals surface area contributed by atoms with Crippen LogP contribution in [0, 0.1) is 12.8 Å². The van der Waals surface area contributed by atoms with E-state index in [-0.39, 0.29) is 5.92 Å². The van der Waals surface area contributed by atoms with Crippen molar-refractivity contribution in [3.8, 4) is 11.4 Å². The van der Waals surface area contributed by atoms with Crippen LogP contribution in [0.3, 0.4) is 0 Å². The molecule has 1 amide bonds. The number of carbonyl (C=O) groups is 1. The molecule has 0 N–H and O–H groups in total. The molecule has 3 aliphatic rings. The van der Waals surface area contributed by atoms with Crippen LogP contribution >= 0.6 is 0 Å². The van der Waals surface area contributed by atoms with E-state index in [9.17, 15) is 4.79 Å². The molecular formula is C24H28N6O2. The molecule has 3 fully saturated rings. The summed E-state index contributed by atoms with van der Waals surface area (Å²) in [5.41, 5.74) is 2.73. The fourth-order valence-electron chi connectivity index (χ4n) is 4.56. The second kappa shape index (κ2) is 7.46. The number of fused-ring (bicyclic) bond motifs is 1. The summed E-state index contributed by atoms with van der Waals surface area (Å²) >= 11 is 0. The van der Waals surface area contributed by atoms with Crippen molar-refractivity contribution >= 4 is 22.8 Å². The molecule has 32 heavy (non-hydrogen) atoms. The maximum atomic E-state index is 12.5. The molecule has 6 rings (SSSR count). The van der Waals surface area contributed by atoms with Crippen LogP contribution in [0.15, 0.2) is 24.3 Å². The fourth-order valence-corrected chi connectivity index (χ4v) is 4.56. The van der Waals surface area contributed by atoms with Crippen molar-refractivity contribution in [1.82, 2.24) is 24.6 Å². The first-order valence-electron chi connectivity index (χ1n) is 11.6. The Morgan fingerprint density at radius 2 is 1.72 bits per heavy atom. The molecule has 1 aromatic carbocycles. The third-order valence-corrected chi connectivity index (χ3v) is 6.78. The first-order valence-corrected chi connectivity index (χ1v) is 11.6. The van der Waals surface area contributed by atoms with E-state index < -0.39 is 0 Å². The van der Waals surface area contributed by atoms with Gasteiger partial charge in [-0.25, -0.2) is 14.6 Å². The highest BCUT2D eigenvalue weighted by Gasteiger charge is 2.36. The van der Waals surface area contributed by atoms with E-state index in [4.69, 9.17) is 19.8 Å². The van der Waals surface area contributed by atoms with Gasteiger partial charge in [0, 0.05) is 38.0 Å². The minimum absolute atomic E-state index is 0.277. The number of aryl methyl sites for hydroxylation is 1. The van der Waals surface area contributed by atoms with Crippen LogP contribution in [0.1, 0.15) is 43.1 Å². The summed E-state index contributed by atoms with van der Waals surface area (Å²) in [7, 11) is 1.67. The van der Waals surface area contributed by atoms with Gasteiger partial charge >= 0.3 is 0 Å². The summed E-state index contributed by atoms with van der Waals surface area (Å²) in [4.78, 5) is 26.8. The maximum Gasteiger partial charge on any atom is 0.225 e. The highest BCUT2D eigenvalue weighted by Crippen LogP contribution is 2.41. The molecule has 0 spiro atoms. The lowest BCUT2D eigenvalue weighted by Crippen LogP contribution is -2.49. The van der Waals surface area contributed by atoms with E-state index in [0.717, 1.165) is 91.7 Å². The first-order chi connectivity index (χ1) is 15.6. The van der Waals surface area contributed by atoms with Gasteiger partial charge in [-0.2, -0.15) is 5.10 Å². The molecule has 0 radical (unpaired) electrons. The van der Waals surface area contributed by atoms with Gasteiger partial charge in [0.15, 0.2) is 5.65 Å². The summed E-state index contributed by atoms with van der Waals surface area (Å²) in [6.45, 7) is 5.12. The fraction of sp³-hybridized carbons (Fsp3) is 0.500. The average molecular weight is 433 g/mol. The lowest BCUT2D eigenvalue weighted by molar-refractivity contribution is -0.132. The van der Waals surface area contributed by atoms with Crippen LogP contribution in [-0.2, 0) is 4.79 Å². The van der Waals surface area contributed by atoms with Crippen LogP contribution < -0.4 is 9.64 Å². The van der Waals surface area contributed by atoms with Gasteiger partial charge in [-0.15, -0.1) is 0 Å². The minimum Gasteiger partial charge on any atom is -0.497 e. The summed E-state index contributed by atoms with van der Waals surface area (Å²) in [6.07, 6.45) is 4.40. The number of nitrogens with zero attached hydrogens (tertiary/aromatic N) is 6. The van der Waals surface area contributed by atoms with Gasteiger partial charge in [0.2, 0.25) is 5.91 Å². The molecule has 1 aliphatic heterocycles. The van der Waals surface area contributed by atoms with Crippen LogP contribution in [-0.4, -0.2) is 63.8 Å². The Balaban J connectivity index is 1.38. The Hall–Kier alpha value is -3.16. The van der Waals surface area contributed by atoms with Crippen molar-refractivity contribution in [3.05, 3.63) is 35.8 Å². The molecule has 2 saturated carbocycles. The molecule has 8 heteroatoms. The SMILES string of the molecule is COc1ccc(-n2nc(C)c3c(N4CCN(C(=O)C5CC5)CC4)nc(C4CC4)nc32)cc1. The standard InChI is InChI=1S/C24H28N6O2/c1-15-20-22(28-11-13-29(14-12-28)24(31)17-5-6-17)25-21(16-3-4-16)26-23(20)30(27-15)18-7-9-19(32-2)10-8-18/h7-10,16-17H,3-6,11-14H2,1-2H3. The first kappa shape index (κ1) is 19.5. The highest BCUT2D eigenvalue weighted by molar-refractivity contribution is 5.91. The third kappa shape index (κ3) is 3.38. The van der Waals surface area contributed by atoms with E-state index >= 15 is 0 Å². The van der Waals surface area contributed by atoms with Crippen molar-refractivity contribution in [3.63, 3.8) is 0 Å². The Bertz CT molecular complexity index is 1170. The number of carbonyl (C=O) groups excluding carboxylic acids is 1. The van der Waals surface area contributed by atoms with Gasteiger partial charge in [-0.05, 0) is 56.9 Å². The number of hydrogen-bond donors (Lipinski definition) is 0. The molecule has 2 aromatic heterocycles. The Labute approximate surface area is 187 Å². The predicted molar refractivity (Wildman–Crippen MR) is 121 cm³/mol. The van der Waals surface area contributed by atoms with E-state index in [1.54, 1.807) is 7.11 Å². The largest absolute Gasteiger partial charge is 0.497 e. The number of methoxy groups -OCH3 is 1. The summed E-state index contributed by atoms with van der Waals surface area (Å²) in [5, 5.41) is 5.86. The molecule has 166 valence electrons. The number of benzene rings is 1. The van der Waals surface area contributed by atoms with Gasteiger partial charge < -0.3 is 14.5 Å². The molecule has 0 unspecified atom stereocenters. The van der Waals surface area contributed by atoms with Gasteiger partial charge in [0.1, 0.15) is 17.4 Å². The molecule has 1 saturated heterocycles. The zero-order chi connectivity index (χ0) is 21.8. The number of aromatic nitrogens is 4. The summed E-state index contributed by atoms with van der Waals surface area (Å²) < 4.78 is 7.23. The molecule has 0 bridgehead atoms. The van der Waals surface area contributed by atoms with Crippen LogP contribution in [0.4, 0.5) is 5.82 Å². The predicted octanol–water partition coefficient (Wildman–Crippen LogP) is 3.07. The molecule has 0 atom stereocenters. The number of anilines is 1. The Morgan fingerprint density at radius 3 is 2.34 bits per heavy atom. The van der Waals surface area contributed by atoms with Gasteiger partial charge in [0.05, 0.1) is 23.9 Å². The molecular weight excluding hydrogens is 404 g/mol. The topological polar surface area (TPSA) is 76.4 Å². The molecule has 8 nitrogen and oxygen atoms in total. The third-order valence-electron chi connectivity index (χ3n) is 6.78. The summed E-state index contributed by atoms with van der Waals surface area (Å²) in [5.74, 6) is 3.75. The molecule has 2 aliphatic carbocycles. The minimum atomic E-state index is 0.277. The number of rotatable bonds is 5. The zero-order valence-electron chi connectivity index (χ0n) is 18.6. The quantitative estimate of drug-likeness (QED) is 0.617. The number of hydrogen-bond acceptors (Lipinski definition) is 6. The van der Waals surface area contributed by atoms with E-state index in [2.05, 4.69) is 4.90 Å². The van der Waals surface area contributed by atoms with Gasteiger partial charge in [-0.3, -0.25) is 4.79 Å². The highest BCUT2D eigenvalue weighted by atomic mass is 16.5. The molecule has 3 aromatic rings. The van der Waals surface area contributed by atoms with Crippen LogP contribution in [0.2, 0.25) is 0 Å². The second-order valence-corrected chi connectivity index (χ2v) is 9.16. The van der Waals surface area contributed by atoms with E-state index in [0.29, 0.717) is 11.8 Å². The Morgan fingerprint density at radius 1 is 1.00 bits per heavy atom. The maximum absolute atomic E-state index is 12.5. The van der Waals surface area contributed by atoms with Crippen molar-refractivity contribution in [2.24, 2.45) is 5.92 Å². The summed E-state index contributed by atoms with van der Waals surface area (Å²) in [6, 6.07) is 7.90. The van der Waals surface area contributed by atoms with Crippen LogP contribution in [0.25, 0.3) is 16.7 Å². The van der Waals surface area contributed by atoms with E-state index in [1.165, 1.54) is 0 Å². The van der Waals surface area contributed by atoms with Gasteiger partial charge in [-0.1, -0.05) is 0 Å². The number of amides is 1. The lowest BCUT2D eigenvalue weighted by atomic mass is 10.2. The normalized spacial score (nSPS) is 18.9. The van der Waals surface area contributed by atoms with Crippen molar-refractivity contribution < 1.29 is 9.53 Å². The zero-order valence-corrected chi connectivity index (χ0v) is 18.6. The van der Waals surface area contributed by atoms with Gasteiger partial charge in [0.25, 0.3) is 0 Å². The molecule has 3 heterocycles. The number of piperazine rings is 1. The number of ether oxygens (including phenoxy) is 1. The van der Waals surface area contributed by atoms with E-state index in [1.807, 2.05) is 40.8 Å². The lowest BCUT2D eigenvalue weighted by Gasteiger charge is -2.36. The Kier molecular flexibility index (Phi) is 4.55. The van der Waals surface area contributed by atoms with Crippen LogP contribution in [0.5, 0.6) is 5.75 Å². The van der Waals surface area contributed by atoms with Crippen molar-refractivity contribution in [1.29, 1.82) is 0 Å². The smallest absolute Gasteiger partial charge is 0.225 e. The van der Waals surface area contributed by atoms with Crippen molar-refractivity contribution in [2.75, 3.05) is 38.2 Å². The average Bonchev–Trinajstić information content (AvgIpc) is 3.75.